The van der Waals surface area contributed by atoms with Gasteiger partial charge in [-0.2, -0.15) is 0 Å². The number of carbonyl (C=O) groups excluding carboxylic acids is 2. The van der Waals surface area contributed by atoms with Gasteiger partial charge in [0, 0.05) is 35.9 Å². The maximum absolute atomic E-state index is 13.0. The Hall–Kier alpha value is -2.08. The van der Waals surface area contributed by atoms with Crippen molar-refractivity contribution in [3.63, 3.8) is 0 Å². The molecule has 140 valence electrons. The first-order valence-corrected chi connectivity index (χ1v) is 10.0. The molecule has 0 atom stereocenters. The molecule has 2 aromatic rings. The molecule has 2 heterocycles. The van der Waals surface area contributed by atoms with Crippen LogP contribution in [0, 0.1) is 0 Å². The number of aromatic nitrogens is 1. The van der Waals surface area contributed by atoms with Crippen molar-refractivity contribution in [3.05, 3.63) is 46.4 Å². The summed E-state index contributed by atoms with van der Waals surface area (Å²) in [5, 5.41) is 1.97. The number of nitrogens with zero attached hydrogens (tertiary/aromatic N) is 3. The lowest BCUT2D eigenvalue weighted by Gasteiger charge is -2.30. The Labute approximate surface area is 159 Å². The van der Waals surface area contributed by atoms with Crippen molar-refractivity contribution in [1.82, 2.24) is 14.4 Å². The summed E-state index contributed by atoms with van der Waals surface area (Å²) >= 11 is 1.58. The van der Waals surface area contributed by atoms with Crippen LogP contribution in [-0.2, 0) is 29.6 Å². The Morgan fingerprint density at radius 3 is 2.54 bits per heavy atom. The number of thiophene rings is 1. The highest BCUT2D eigenvalue weighted by atomic mass is 32.1. The monoisotopic (exact) mass is 373 g/mol. The van der Waals surface area contributed by atoms with E-state index in [1.165, 1.54) is 0 Å². The number of rotatable bonds is 8. The topological polar surface area (TPSA) is 45.6 Å². The Morgan fingerprint density at radius 1 is 1.23 bits per heavy atom. The highest BCUT2D eigenvalue weighted by Gasteiger charge is 2.34. The molecule has 0 N–H and O–H groups in total. The third kappa shape index (κ3) is 4.55. The van der Waals surface area contributed by atoms with Crippen LogP contribution in [0.3, 0.4) is 0 Å². The molecule has 1 aliphatic rings. The van der Waals surface area contributed by atoms with E-state index in [2.05, 4.69) is 0 Å². The van der Waals surface area contributed by atoms with E-state index < -0.39 is 0 Å². The number of hydrogen-bond donors (Lipinski definition) is 0. The van der Waals surface area contributed by atoms with Gasteiger partial charge in [-0.25, -0.2) is 0 Å². The van der Waals surface area contributed by atoms with Crippen molar-refractivity contribution in [2.45, 2.75) is 51.7 Å². The Balaban J connectivity index is 1.67. The first kappa shape index (κ1) is 18.7. The van der Waals surface area contributed by atoms with Crippen molar-refractivity contribution >= 4 is 23.2 Å². The first-order chi connectivity index (χ1) is 12.5. The van der Waals surface area contributed by atoms with Crippen LogP contribution in [0.1, 0.15) is 37.3 Å². The van der Waals surface area contributed by atoms with Crippen molar-refractivity contribution in [2.75, 3.05) is 6.54 Å². The Bertz CT molecular complexity index is 747. The van der Waals surface area contributed by atoms with Gasteiger partial charge in [-0.1, -0.05) is 6.07 Å². The smallest absolute Gasteiger partial charge is 0.242 e. The quantitative estimate of drug-likeness (QED) is 0.714. The van der Waals surface area contributed by atoms with Crippen molar-refractivity contribution in [1.29, 1.82) is 0 Å². The molecule has 5 nitrogen and oxygen atoms in total. The predicted molar refractivity (Wildman–Crippen MR) is 104 cm³/mol. The van der Waals surface area contributed by atoms with Crippen LogP contribution in [0.5, 0.6) is 0 Å². The minimum atomic E-state index is 0.00232. The molecule has 0 bridgehead atoms. The van der Waals surface area contributed by atoms with Crippen molar-refractivity contribution in [3.8, 4) is 0 Å². The van der Waals surface area contributed by atoms with E-state index in [1.807, 2.05) is 66.2 Å². The summed E-state index contributed by atoms with van der Waals surface area (Å²) < 4.78 is 2.05. The zero-order valence-electron chi connectivity index (χ0n) is 15.7. The molecule has 1 aliphatic carbocycles. The van der Waals surface area contributed by atoms with Crippen LogP contribution in [-0.4, -0.2) is 44.8 Å². The van der Waals surface area contributed by atoms with E-state index in [9.17, 15) is 9.59 Å². The van der Waals surface area contributed by atoms with Gasteiger partial charge in [0.25, 0.3) is 0 Å². The van der Waals surface area contributed by atoms with E-state index in [4.69, 9.17) is 0 Å². The average Bonchev–Trinajstić information content (AvgIpc) is 3.15. The molecular weight excluding hydrogens is 346 g/mol. The van der Waals surface area contributed by atoms with Gasteiger partial charge >= 0.3 is 0 Å². The standard InChI is InChI=1S/C20H27N3O2S/c1-15(2)22(19(24)12-18-7-5-11-26-18)14-20(25)23(16-8-9-16)13-17-6-4-10-21(17)3/h4-7,10-11,15-16H,8-9,12-14H2,1-3H3. The van der Waals surface area contributed by atoms with E-state index in [-0.39, 0.29) is 24.4 Å². The Morgan fingerprint density at radius 2 is 2.00 bits per heavy atom. The molecule has 0 unspecified atom stereocenters. The molecule has 6 heteroatoms. The molecule has 0 radical (unpaired) electrons. The summed E-state index contributed by atoms with van der Waals surface area (Å²) in [6.45, 7) is 4.71. The minimum absolute atomic E-state index is 0.00232. The second-order valence-corrected chi connectivity index (χ2v) is 8.27. The van der Waals surface area contributed by atoms with Crippen molar-refractivity contribution < 1.29 is 9.59 Å². The summed E-state index contributed by atoms with van der Waals surface area (Å²) in [6, 6.07) is 8.28. The van der Waals surface area contributed by atoms with Gasteiger partial charge in [0.15, 0.2) is 0 Å². The van der Waals surface area contributed by atoms with Crippen LogP contribution in [0.4, 0.5) is 0 Å². The molecule has 3 rings (SSSR count). The fourth-order valence-electron chi connectivity index (χ4n) is 3.10. The number of amides is 2. The highest BCUT2D eigenvalue weighted by Crippen LogP contribution is 2.28. The molecule has 0 saturated heterocycles. The zero-order chi connectivity index (χ0) is 18.7. The molecule has 1 fully saturated rings. The summed E-state index contributed by atoms with van der Waals surface area (Å²) in [4.78, 5) is 30.4. The van der Waals surface area contributed by atoms with Gasteiger partial charge < -0.3 is 14.4 Å². The van der Waals surface area contributed by atoms with E-state index >= 15 is 0 Å². The third-order valence-electron chi connectivity index (χ3n) is 4.85. The van der Waals surface area contributed by atoms with Crippen LogP contribution >= 0.6 is 11.3 Å². The summed E-state index contributed by atoms with van der Waals surface area (Å²) in [5.41, 5.74) is 1.12. The molecule has 2 amide bonds. The second-order valence-electron chi connectivity index (χ2n) is 7.23. The van der Waals surface area contributed by atoms with Gasteiger partial charge in [-0.15, -0.1) is 11.3 Å². The third-order valence-corrected chi connectivity index (χ3v) is 5.72. The van der Waals surface area contributed by atoms with Gasteiger partial charge in [-0.3, -0.25) is 9.59 Å². The van der Waals surface area contributed by atoms with Crippen LogP contribution in [0.25, 0.3) is 0 Å². The number of hydrogen-bond acceptors (Lipinski definition) is 3. The normalized spacial score (nSPS) is 13.8. The van der Waals surface area contributed by atoms with Gasteiger partial charge in [0.05, 0.1) is 13.0 Å². The molecule has 26 heavy (non-hydrogen) atoms. The lowest BCUT2D eigenvalue weighted by atomic mass is 10.2. The van der Waals surface area contributed by atoms with Crippen LogP contribution in [0.15, 0.2) is 35.8 Å². The van der Waals surface area contributed by atoms with Gasteiger partial charge in [0.1, 0.15) is 6.54 Å². The fraction of sp³-hybridized carbons (Fsp3) is 0.500. The minimum Gasteiger partial charge on any atom is -0.353 e. The van der Waals surface area contributed by atoms with Gasteiger partial charge in [-0.05, 0) is 50.3 Å². The second kappa shape index (κ2) is 8.08. The molecule has 0 aromatic carbocycles. The molecule has 0 spiro atoms. The highest BCUT2D eigenvalue weighted by molar-refractivity contribution is 7.10. The van der Waals surface area contributed by atoms with Crippen LogP contribution in [0.2, 0.25) is 0 Å². The van der Waals surface area contributed by atoms with Crippen molar-refractivity contribution in [2.24, 2.45) is 7.05 Å². The van der Waals surface area contributed by atoms with E-state index in [0.717, 1.165) is 23.4 Å². The van der Waals surface area contributed by atoms with E-state index in [0.29, 0.717) is 19.0 Å². The summed E-state index contributed by atoms with van der Waals surface area (Å²) in [7, 11) is 2.00. The SMILES string of the molecule is CC(C)N(CC(=O)N(Cc1cccn1C)C1CC1)C(=O)Cc1cccs1. The molecule has 1 saturated carbocycles. The van der Waals surface area contributed by atoms with Crippen LogP contribution < -0.4 is 0 Å². The lowest BCUT2D eigenvalue weighted by molar-refractivity contribution is -0.142. The number of carbonyl (C=O) groups is 2. The molecule has 2 aromatic heterocycles. The fourth-order valence-corrected chi connectivity index (χ4v) is 3.80. The number of aryl methyl sites for hydroxylation is 1. The van der Waals surface area contributed by atoms with E-state index in [1.54, 1.807) is 16.2 Å². The lowest BCUT2D eigenvalue weighted by Crippen LogP contribution is -2.46. The largest absolute Gasteiger partial charge is 0.353 e. The maximum atomic E-state index is 13.0. The predicted octanol–water partition coefficient (Wildman–Crippen LogP) is 3.06. The molecular formula is C20H27N3O2S. The maximum Gasteiger partial charge on any atom is 0.242 e. The first-order valence-electron chi connectivity index (χ1n) is 9.17. The van der Waals surface area contributed by atoms with Gasteiger partial charge in [0.2, 0.25) is 11.8 Å². The zero-order valence-corrected chi connectivity index (χ0v) is 16.5. The summed E-state index contributed by atoms with van der Waals surface area (Å²) in [5.74, 6) is 0.0624. The molecule has 0 aliphatic heterocycles. The average molecular weight is 374 g/mol. The Kier molecular flexibility index (Phi) is 5.81. The summed E-state index contributed by atoms with van der Waals surface area (Å²) in [6.07, 6.45) is 4.47.